The molecule has 0 saturated heterocycles. The van der Waals surface area contributed by atoms with Crippen molar-refractivity contribution in [2.24, 2.45) is 29.4 Å². The summed E-state index contributed by atoms with van der Waals surface area (Å²) in [6, 6.07) is 0.331. The van der Waals surface area contributed by atoms with Crippen molar-refractivity contribution in [2.45, 2.75) is 63.8 Å². The van der Waals surface area contributed by atoms with Crippen LogP contribution in [0, 0.1) is 23.7 Å². The van der Waals surface area contributed by atoms with E-state index in [0.29, 0.717) is 18.4 Å². The highest BCUT2D eigenvalue weighted by molar-refractivity contribution is 5.76. The summed E-state index contributed by atoms with van der Waals surface area (Å²) < 4.78 is 0. The molecule has 3 N–H and O–H groups in total. The van der Waals surface area contributed by atoms with Gasteiger partial charge < -0.3 is 11.1 Å². The second-order valence-electron chi connectivity index (χ2n) is 7.24. The van der Waals surface area contributed by atoms with E-state index in [1.165, 1.54) is 38.5 Å². The lowest BCUT2D eigenvalue weighted by molar-refractivity contribution is -0.122. The summed E-state index contributed by atoms with van der Waals surface area (Å²) in [6.07, 6.45) is 10.9. The average Bonchev–Trinajstić information content (AvgIpc) is 2.98. The number of hydrogen-bond donors (Lipinski definition) is 2. The first-order valence-electron chi connectivity index (χ1n) is 8.23. The van der Waals surface area contributed by atoms with Crippen LogP contribution < -0.4 is 11.1 Å². The molecule has 0 aliphatic heterocycles. The maximum Gasteiger partial charge on any atom is 0.220 e. The Balaban J connectivity index is 1.37. The quantitative estimate of drug-likeness (QED) is 0.819. The van der Waals surface area contributed by atoms with Gasteiger partial charge in [0.1, 0.15) is 0 Å². The van der Waals surface area contributed by atoms with Gasteiger partial charge in [0, 0.05) is 19.0 Å². The topological polar surface area (TPSA) is 55.1 Å². The van der Waals surface area contributed by atoms with Gasteiger partial charge in [0.2, 0.25) is 5.91 Å². The highest BCUT2D eigenvalue weighted by atomic mass is 16.1. The number of nitrogens with one attached hydrogen (secondary N) is 1. The monoisotopic (exact) mass is 264 g/mol. The lowest BCUT2D eigenvalue weighted by Gasteiger charge is -2.27. The molecule has 0 spiro atoms. The molecule has 3 saturated carbocycles. The van der Waals surface area contributed by atoms with Crippen LogP contribution in [-0.2, 0) is 4.79 Å². The fourth-order valence-corrected chi connectivity index (χ4v) is 4.72. The molecular weight excluding hydrogens is 236 g/mol. The van der Waals surface area contributed by atoms with Crippen molar-refractivity contribution in [1.29, 1.82) is 0 Å². The Morgan fingerprint density at radius 3 is 2.68 bits per heavy atom. The predicted molar refractivity (Wildman–Crippen MR) is 76.5 cm³/mol. The van der Waals surface area contributed by atoms with E-state index >= 15 is 0 Å². The van der Waals surface area contributed by atoms with Crippen molar-refractivity contribution < 1.29 is 4.79 Å². The third-order valence-electron chi connectivity index (χ3n) is 5.74. The molecule has 0 aromatic rings. The van der Waals surface area contributed by atoms with E-state index in [1.807, 2.05) is 0 Å². The maximum absolute atomic E-state index is 12.0. The van der Waals surface area contributed by atoms with E-state index < -0.39 is 0 Å². The average molecular weight is 264 g/mol. The standard InChI is InChI=1S/C16H28N2O/c17-15-3-1-2-11(8-15)9-16(19)18-10-14-7-12-4-5-13(14)6-12/h11-15H,1-10,17H2,(H,18,19). The SMILES string of the molecule is NC1CCCC(CC(=O)NCC2CC3CCC2C3)C1. The van der Waals surface area contributed by atoms with Crippen LogP contribution in [0.25, 0.3) is 0 Å². The van der Waals surface area contributed by atoms with E-state index in [1.54, 1.807) is 0 Å². The van der Waals surface area contributed by atoms with Crippen LogP contribution in [0.1, 0.15) is 57.8 Å². The van der Waals surface area contributed by atoms with Crippen molar-refractivity contribution in [3.63, 3.8) is 0 Å². The first-order chi connectivity index (χ1) is 9.20. The number of amides is 1. The van der Waals surface area contributed by atoms with Gasteiger partial charge in [-0.2, -0.15) is 0 Å². The molecule has 3 aliphatic carbocycles. The minimum absolute atomic E-state index is 0.266. The second-order valence-corrected chi connectivity index (χ2v) is 7.24. The maximum atomic E-state index is 12.0. The fourth-order valence-electron chi connectivity index (χ4n) is 4.72. The van der Waals surface area contributed by atoms with Gasteiger partial charge in [-0.25, -0.2) is 0 Å². The first-order valence-corrected chi connectivity index (χ1v) is 8.23. The molecule has 1 amide bonds. The fraction of sp³-hybridized carbons (Fsp3) is 0.938. The molecule has 3 rings (SSSR count). The van der Waals surface area contributed by atoms with Gasteiger partial charge in [0.15, 0.2) is 0 Å². The van der Waals surface area contributed by atoms with Crippen LogP contribution in [0.15, 0.2) is 0 Å². The molecule has 0 radical (unpaired) electrons. The summed E-state index contributed by atoms with van der Waals surface area (Å²) in [6.45, 7) is 0.929. The van der Waals surface area contributed by atoms with Gasteiger partial charge in [0.25, 0.3) is 0 Å². The van der Waals surface area contributed by atoms with Crippen molar-refractivity contribution in [3.05, 3.63) is 0 Å². The third-order valence-corrected chi connectivity index (χ3v) is 5.74. The summed E-state index contributed by atoms with van der Waals surface area (Å²) in [4.78, 5) is 12.0. The van der Waals surface area contributed by atoms with Crippen molar-refractivity contribution in [1.82, 2.24) is 5.32 Å². The van der Waals surface area contributed by atoms with Crippen LogP contribution >= 0.6 is 0 Å². The molecule has 5 atom stereocenters. The Morgan fingerprint density at radius 2 is 2.00 bits per heavy atom. The highest BCUT2D eigenvalue weighted by Crippen LogP contribution is 2.47. The molecule has 3 fully saturated rings. The van der Waals surface area contributed by atoms with E-state index in [0.717, 1.165) is 37.1 Å². The summed E-state index contributed by atoms with van der Waals surface area (Å²) in [5.41, 5.74) is 5.98. The summed E-state index contributed by atoms with van der Waals surface area (Å²) >= 11 is 0. The zero-order chi connectivity index (χ0) is 13.2. The van der Waals surface area contributed by atoms with Crippen molar-refractivity contribution in [2.75, 3.05) is 6.54 Å². The molecule has 108 valence electrons. The Labute approximate surface area is 116 Å². The van der Waals surface area contributed by atoms with Crippen LogP contribution in [0.4, 0.5) is 0 Å². The molecule has 0 aromatic heterocycles. The molecule has 5 unspecified atom stereocenters. The van der Waals surface area contributed by atoms with Crippen LogP contribution in [0.3, 0.4) is 0 Å². The molecule has 3 nitrogen and oxygen atoms in total. The molecule has 19 heavy (non-hydrogen) atoms. The lowest BCUT2D eigenvalue weighted by atomic mass is 9.84. The normalized spacial score (nSPS) is 41.4. The number of carbonyl (C=O) groups is 1. The van der Waals surface area contributed by atoms with Gasteiger partial charge in [-0.3, -0.25) is 4.79 Å². The van der Waals surface area contributed by atoms with Crippen LogP contribution in [-0.4, -0.2) is 18.5 Å². The summed E-state index contributed by atoms with van der Waals surface area (Å²) in [5.74, 6) is 3.46. The lowest BCUT2D eigenvalue weighted by Crippen LogP contribution is -2.35. The predicted octanol–water partition coefficient (Wildman–Crippen LogP) is 2.45. The molecule has 2 bridgehead atoms. The first kappa shape index (κ1) is 13.4. The molecule has 0 heterocycles. The molecule has 3 aliphatic rings. The number of nitrogens with two attached hydrogens (primary N) is 1. The third kappa shape index (κ3) is 3.31. The Bertz CT molecular complexity index is 331. The molecule has 0 aromatic carbocycles. The van der Waals surface area contributed by atoms with Crippen LogP contribution in [0.2, 0.25) is 0 Å². The zero-order valence-corrected chi connectivity index (χ0v) is 11.9. The van der Waals surface area contributed by atoms with Gasteiger partial charge in [-0.15, -0.1) is 0 Å². The van der Waals surface area contributed by atoms with E-state index in [9.17, 15) is 4.79 Å². The van der Waals surface area contributed by atoms with Crippen molar-refractivity contribution >= 4 is 5.91 Å². The number of fused-ring (bicyclic) bond motifs is 2. The van der Waals surface area contributed by atoms with Gasteiger partial charge in [0.05, 0.1) is 0 Å². The van der Waals surface area contributed by atoms with E-state index in [2.05, 4.69) is 5.32 Å². The van der Waals surface area contributed by atoms with Gasteiger partial charge in [-0.05, 0) is 62.2 Å². The highest BCUT2D eigenvalue weighted by Gasteiger charge is 2.39. The van der Waals surface area contributed by atoms with Gasteiger partial charge >= 0.3 is 0 Å². The van der Waals surface area contributed by atoms with E-state index in [-0.39, 0.29) is 5.91 Å². The zero-order valence-electron chi connectivity index (χ0n) is 11.9. The van der Waals surface area contributed by atoms with E-state index in [4.69, 9.17) is 5.73 Å². The Kier molecular flexibility index (Phi) is 4.11. The Hall–Kier alpha value is -0.570. The minimum atomic E-state index is 0.266. The number of rotatable bonds is 4. The minimum Gasteiger partial charge on any atom is -0.356 e. The van der Waals surface area contributed by atoms with Gasteiger partial charge in [-0.1, -0.05) is 12.8 Å². The number of hydrogen-bond acceptors (Lipinski definition) is 2. The van der Waals surface area contributed by atoms with Crippen molar-refractivity contribution in [3.8, 4) is 0 Å². The molecule has 3 heteroatoms. The largest absolute Gasteiger partial charge is 0.356 e. The number of carbonyl (C=O) groups excluding carboxylic acids is 1. The second kappa shape index (κ2) is 5.82. The smallest absolute Gasteiger partial charge is 0.220 e. The summed E-state index contributed by atoms with van der Waals surface area (Å²) in [5, 5.41) is 3.19. The summed E-state index contributed by atoms with van der Waals surface area (Å²) in [7, 11) is 0. The van der Waals surface area contributed by atoms with Crippen LogP contribution in [0.5, 0.6) is 0 Å². The Morgan fingerprint density at radius 1 is 1.11 bits per heavy atom. The molecular formula is C16H28N2O.